The first-order valence-electron chi connectivity index (χ1n) is 6.09. The maximum absolute atomic E-state index is 10.9. The lowest BCUT2D eigenvalue weighted by atomic mass is 10.1. The molecule has 0 spiro atoms. The van der Waals surface area contributed by atoms with Gasteiger partial charge in [0, 0.05) is 23.9 Å². The number of aryl methyl sites for hydroxylation is 1. The first kappa shape index (κ1) is 13.5. The van der Waals surface area contributed by atoms with Crippen LogP contribution in [0.4, 0.5) is 11.4 Å². The summed E-state index contributed by atoms with van der Waals surface area (Å²) >= 11 is 0. The van der Waals surface area contributed by atoms with Gasteiger partial charge in [-0.25, -0.2) is 0 Å². The van der Waals surface area contributed by atoms with Crippen molar-refractivity contribution in [1.82, 2.24) is 0 Å². The Kier molecular flexibility index (Phi) is 4.94. The van der Waals surface area contributed by atoms with Crippen molar-refractivity contribution in [3.63, 3.8) is 0 Å². The van der Waals surface area contributed by atoms with E-state index < -0.39 is 0 Å². The quantitative estimate of drug-likeness (QED) is 0.606. The molecule has 4 heteroatoms. The van der Waals surface area contributed by atoms with E-state index in [9.17, 15) is 10.1 Å². The summed E-state index contributed by atoms with van der Waals surface area (Å²) in [5.74, 6) is 0.569. The van der Waals surface area contributed by atoms with Crippen LogP contribution in [0.5, 0.6) is 0 Å². The van der Waals surface area contributed by atoms with Crippen LogP contribution in [0, 0.1) is 16.0 Å². The molecule has 0 radical (unpaired) electrons. The van der Waals surface area contributed by atoms with Gasteiger partial charge in [-0.3, -0.25) is 10.1 Å². The fraction of sp³-hybridized carbons (Fsp3) is 0.538. The lowest BCUT2D eigenvalue weighted by molar-refractivity contribution is -0.385. The van der Waals surface area contributed by atoms with Gasteiger partial charge in [-0.15, -0.1) is 0 Å². The van der Waals surface area contributed by atoms with Gasteiger partial charge in [-0.2, -0.15) is 0 Å². The molecule has 0 saturated carbocycles. The van der Waals surface area contributed by atoms with E-state index in [-0.39, 0.29) is 10.6 Å². The van der Waals surface area contributed by atoms with Crippen molar-refractivity contribution >= 4 is 11.4 Å². The van der Waals surface area contributed by atoms with Crippen LogP contribution in [0.3, 0.4) is 0 Å². The number of rotatable bonds is 6. The Labute approximate surface area is 102 Å². The minimum atomic E-state index is -0.312. The number of benzene rings is 1. The Bertz CT molecular complexity index is 391. The summed E-state index contributed by atoms with van der Waals surface area (Å²) in [4.78, 5) is 10.6. The summed E-state index contributed by atoms with van der Waals surface area (Å²) in [5.41, 5.74) is 1.82. The summed E-state index contributed by atoms with van der Waals surface area (Å²) in [6.07, 6.45) is 1.78. The highest BCUT2D eigenvalue weighted by molar-refractivity contribution is 5.55. The second-order valence-electron chi connectivity index (χ2n) is 4.35. The van der Waals surface area contributed by atoms with Crippen LogP contribution in [-0.4, -0.2) is 11.5 Å². The minimum Gasteiger partial charge on any atom is -0.385 e. The molecular weight excluding hydrogens is 216 g/mol. The highest BCUT2D eigenvalue weighted by Gasteiger charge is 2.12. The van der Waals surface area contributed by atoms with Gasteiger partial charge in [0.2, 0.25) is 0 Å². The topological polar surface area (TPSA) is 55.2 Å². The smallest absolute Gasteiger partial charge is 0.274 e. The molecule has 0 aliphatic heterocycles. The Hall–Kier alpha value is -1.58. The van der Waals surface area contributed by atoms with Crippen LogP contribution in [0.25, 0.3) is 0 Å². The van der Waals surface area contributed by atoms with Gasteiger partial charge in [0.15, 0.2) is 0 Å². The molecule has 1 unspecified atom stereocenters. The predicted octanol–water partition coefficient (Wildman–Crippen LogP) is 3.62. The van der Waals surface area contributed by atoms with Crippen molar-refractivity contribution in [2.75, 3.05) is 11.9 Å². The SMILES string of the molecule is CCc1ccc(NCC(C)CC)cc1[N+](=O)[O-]. The molecule has 0 saturated heterocycles. The molecule has 1 N–H and O–H groups in total. The van der Waals surface area contributed by atoms with Gasteiger partial charge in [0.1, 0.15) is 0 Å². The monoisotopic (exact) mass is 236 g/mol. The van der Waals surface area contributed by atoms with Gasteiger partial charge < -0.3 is 5.32 Å². The molecular formula is C13H20N2O2. The molecule has 1 atom stereocenters. The number of nitrogens with zero attached hydrogens (tertiary/aromatic N) is 1. The van der Waals surface area contributed by atoms with Crippen molar-refractivity contribution < 1.29 is 4.92 Å². The van der Waals surface area contributed by atoms with E-state index in [1.54, 1.807) is 6.07 Å². The van der Waals surface area contributed by atoms with Crippen molar-refractivity contribution in [2.45, 2.75) is 33.6 Å². The Morgan fingerprint density at radius 1 is 1.41 bits per heavy atom. The van der Waals surface area contributed by atoms with E-state index in [1.807, 2.05) is 19.1 Å². The Morgan fingerprint density at radius 3 is 2.65 bits per heavy atom. The minimum absolute atomic E-state index is 0.210. The first-order chi connectivity index (χ1) is 8.08. The number of hydrogen-bond acceptors (Lipinski definition) is 3. The number of anilines is 1. The number of nitro benzene ring substituents is 1. The van der Waals surface area contributed by atoms with Crippen LogP contribution >= 0.6 is 0 Å². The molecule has 0 amide bonds. The summed E-state index contributed by atoms with van der Waals surface area (Å²) in [6.45, 7) is 7.06. The molecule has 4 nitrogen and oxygen atoms in total. The van der Waals surface area contributed by atoms with E-state index >= 15 is 0 Å². The van der Waals surface area contributed by atoms with Gasteiger partial charge in [0.05, 0.1) is 4.92 Å². The molecule has 1 aromatic carbocycles. The van der Waals surface area contributed by atoms with E-state index in [4.69, 9.17) is 0 Å². The second kappa shape index (κ2) is 6.23. The summed E-state index contributed by atoms with van der Waals surface area (Å²) in [7, 11) is 0. The third-order valence-electron chi connectivity index (χ3n) is 3.01. The second-order valence-corrected chi connectivity index (χ2v) is 4.35. The summed E-state index contributed by atoms with van der Waals surface area (Å²) in [5, 5.41) is 14.1. The van der Waals surface area contributed by atoms with Crippen molar-refractivity contribution in [2.24, 2.45) is 5.92 Å². The summed E-state index contributed by atoms with van der Waals surface area (Å²) < 4.78 is 0. The lowest BCUT2D eigenvalue weighted by Crippen LogP contribution is -2.10. The van der Waals surface area contributed by atoms with Gasteiger partial charge in [-0.1, -0.05) is 33.3 Å². The molecule has 0 aromatic heterocycles. The molecule has 0 aliphatic rings. The van der Waals surface area contributed by atoms with Gasteiger partial charge >= 0.3 is 0 Å². The van der Waals surface area contributed by atoms with E-state index in [1.165, 1.54) is 0 Å². The first-order valence-corrected chi connectivity index (χ1v) is 6.09. The lowest BCUT2D eigenvalue weighted by Gasteiger charge is -2.11. The number of nitro groups is 1. The highest BCUT2D eigenvalue weighted by atomic mass is 16.6. The van der Waals surface area contributed by atoms with Crippen LogP contribution in [0.15, 0.2) is 18.2 Å². The molecule has 0 heterocycles. The maximum atomic E-state index is 10.9. The largest absolute Gasteiger partial charge is 0.385 e. The van der Waals surface area contributed by atoms with Crippen LogP contribution in [0.2, 0.25) is 0 Å². The van der Waals surface area contributed by atoms with E-state index in [0.29, 0.717) is 12.3 Å². The van der Waals surface area contributed by atoms with Crippen LogP contribution in [-0.2, 0) is 6.42 Å². The average Bonchev–Trinajstić information content (AvgIpc) is 2.35. The molecule has 17 heavy (non-hydrogen) atoms. The van der Waals surface area contributed by atoms with E-state index in [0.717, 1.165) is 24.2 Å². The maximum Gasteiger partial charge on any atom is 0.274 e. The van der Waals surface area contributed by atoms with Crippen LogP contribution < -0.4 is 5.32 Å². The summed E-state index contributed by atoms with van der Waals surface area (Å²) in [6, 6.07) is 5.37. The fourth-order valence-electron chi connectivity index (χ4n) is 1.58. The third kappa shape index (κ3) is 3.73. The zero-order chi connectivity index (χ0) is 12.8. The van der Waals surface area contributed by atoms with Crippen LogP contribution in [0.1, 0.15) is 32.8 Å². The molecule has 1 rings (SSSR count). The molecule has 0 fully saturated rings. The standard InChI is InChI=1S/C13H20N2O2/c1-4-10(3)9-14-12-7-6-11(5-2)13(8-12)15(16)17/h6-8,10,14H,4-5,9H2,1-3H3. The Morgan fingerprint density at radius 2 is 2.12 bits per heavy atom. The normalized spacial score (nSPS) is 12.2. The molecule has 1 aromatic rings. The van der Waals surface area contributed by atoms with Gasteiger partial charge in [0.25, 0.3) is 5.69 Å². The molecule has 0 bridgehead atoms. The van der Waals surface area contributed by atoms with Crippen molar-refractivity contribution in [1.29, 1.82) is 0 Å². The Balaban J connectivity index is 2.81. The molecule has 94 valence electrons. The van der Waals surface area contributed by atoms with Crippen molar-refractivity contribution in [3.05, 3.63) is 33.9 Å². The van der Waals surface area contributed by atoms with Gasteiger partial charge in [-0.05, 0) is 18.4 Å². The average molecular weight is 236 g/mol. The van der Waals surface area contributed by atoms with Crippen molar-refractivity contribution in [3.8, 4) is 0 Å². The molecule has 0 aliphatic carbocycles. The zero-order valence-electron chi connectivity index (χ0n) is 10.7. The number of hydrogen-bond donors (Lipinski definition) is 1. The predicted molar refractivity (Wildman–Crippen MR) is 70.4 cm³/mol. The third-order valence-corrected chi connectivity index (χ3v) is 3.01. The highest BCUT2D eigenvalue weighted by Crippen LogP contribution is 2.23. The number of nitrogens with one attached hydrogen (secondary N) is 1. The van der Waals surface area contributed by atoms with E-state index in [2.05, 4.69) is 19.2 Å². The zero-order valence-corrected chi connectivity index (χ0v) is 10.7. The fourth-order valence-corrected chi connectivity index (χ4v) is 1.58.